The summed E-state index contributed by atoms with van der Waals surface area (Å²) in [5.74, 6) is -0.0660. The normalized spacial score (nSPS) is 15.3. The molecular formula is C21H21N2O3+. The van der Waals surface area contributed by atoms with Crippen LogP contribution in [0.1, 0.15) is 15.9 Å². The van der Waals surface area contributed by atoms with Gasteiger partial charge in [-0.05, 0) is 6.07 Å². The molecule has 1 amide bonds. The number of nitrogens with one attached hydrogen (secondary N) is 1. The van der Waals surface area contributed by atoms with Gasteiger partial charge in [-0.1, -0.05) is 48.5 Å². The van der Waals surface area contributed by atoms with Gasteiger partial charge in [0.25, 0.3) is 5.91 Å². The molecule has 0 unspecified atom stereocenters. The smallest absolute Gasteiger partial charge is 0.343 e. The molecule has 0 spiro atoms. The van der Waals surface area contributed by atoms with E-state index in [1.807, 2.05) is 17.0 Å². The zero-order chi connectivity index (χ0) is 17.9. The van der Waals surface area contributed by atoms with Gasteiger partial charge < -0.3 is 14.2 Å². The van der Waals surface area contributed by atoms with Crippen molar-refractivity contribution in [3.8, 4) is 0 Å². The van der Waals surface area contributed by atoms with Crippen LogP contribution in [-0.2, 0) is 6.54 Å². The van der Waals surface area contributed by atoms with Crippen LogP contribution in [0.15, 0.2) is 70.1 Å². The summed E-state index contributed by atoms with van der Waals surface area (Å²) in [6, 6.07) is 17.5. The third-order valence-electron chi connectivity index (χ3n) is 5.01. The Bertz CT molecular complexity index is 973. The van der Waals surface area contributed by atoms with Gasteiger partial charge in [-0.3, -0.25) is 4.79 Å². The first-order valence-corrected chi connectivity index (χ1v) is 8.90. The number of piperazine rings is 1. The van der Waals surface area contributed by atoms with E-state index in [1.165, 1.54) is 16.7 Å². The molecule has 4 rings (SSSR count). The zero-order valence-corrected chi connectivity index (χ0v) is 14.5. The van der Waals surface area contributed by atoms with E-state index < -0.39 is 5.63 Å². The molecule has 0 bridgehead atoms. The summed E-state index contributed by atoms with van der Waals surface area (Å²) in [5.41, 5.74) is 1.37. The summed E-state index contributed by atoms with van der Waals surface area (Å²) in [6.07, 6.45) is 1.30. The fraction of sp³-hybridized carbons (Fsp3) is 0.238. The fourth-order valence-corrected chi connectivity index (χ4v) is 3.56. The molecule has 0 radical (unpaired) electrons. The summed E-state index contributed by atoms with van der Waals surface area (Å²) < 4.78 is 5.08. The Morgan fingerprint density at radius 3 is 2.35 bits per heavy atom. The molecule has 2 heterocycles. The number of amides is 1. The molecule has 1 aromatic heterocycles. The third kappa shape index (κ3) is 3.26. The number of hydrogen-bond acceptors (Lipinski definition) is 3. The van der Waals surface area contributed by atoms with Crippen LogP contribution in [0.4, 0.5) is 0 Å². The molecule has 1 fully saturated rings. The van der Waals surface area contributed by atoms with E-state index in [0.717, 1.165) is 19.6 Å². The SMILES string of the molecule is O=C(c1coc(=O)c2ccccc12)N1CC[NH+](Cc2ccccc2)CC1. The van der Waals surface area contributed by atoms with Crippen molar-refractivity contribution in [2.45, 2.75) is 6.54 Å². The number of nitrogens with zero attached hydrogens (tertiary/aromatic N) is 1. The molecule has 0 atom stereocenters. The van der Waals surface area contributed by atoms with E-state index in [-0.39, 0.29) is 5.91 Å². The van der Waals surface area contributed by atoms with Gasteiger partial charge in [0.1, 0.15) is 12.8 Å². The van der Waals surface area contributed by atoms with Crippen molar-refractivity contribution in [1.29, 1.82) is 0 Å². The lowest BCUT2D eigenvalue weighted by Gasteiger charge is -2.32. The van der Waals surface area contributed by atoms with Gasteiger partial charge in [0.2, 0.25) is 0 Å². The molecule has 0 saturated carbocycles. The number of carbonyl (C=O) groups excluding carboxylic acids is 1. The van der Waals surface area contributed by atoms with Crippen LogP contribution in [-0.4, -0.2) is 37.0 Å². The molecule has 132 valence electrons. The van der Waals surface area contributed by atoms with E-state index in [9.17, 15) is 9.59 Å². The van der Waals surface area contributed by atoms with Gasteiger partial charge in [-0.2, -0.15) is 0 Å². The fourth-order valence-electron chi connectivity index (χ4n) is 3.56. The molecule has 26 heavy (non-hydrogen) atoms. The van der Waals surface area contributed by atoms with Crippen molar-refractivity contribution in [1.82, 2.24) is 4.90 Å². The van der Waals surface area contributed by atoms with Crippen molar-refractivity contribution in [2.24, 2.45) is 0 Å². The molecule has 2 aromatic carbocycles. The molecule has 0 aliphatic carbocycles. The minimum Gasteiger partial charge on any atom is -0.430 e. The monoisotopic (exact) mass is 349 g/mol. The van der Waals surface area contributed by atoms with E-state index in [0.29, 0.717) is 29.4 Å². The third-order valence-corrected chi connectivity index (χ3v) is 5.01. The average molecular weight is 349 g/mol. The summed E-state index contributed by atoms with van der Waals surface area (Å²) >= 11 is 0. The summed E-state index contributed by atoms with van der Waals surface area (Å²) in [5, 5.41) is 1.11. The topological polar surface area (TPSA) is 55.0 Å². The maximum atomic E-state index is 12.9. The Morgan fingerprint density at radius 1 is 0.962 bits per heavy atom. The second-order valence-electron chi connectivity index (χ2n) is 6.69. The molecule has 1 saturated heterocycles. The number of benzene rings is 2. The van der Waals surface area contributed by atoms with E-state index in [2.05, 4.69) is 24.3 Å². The second kappa shape index (κ2) is 7.14. The Morgan fingerprint density at radius 2 is 1.62 bits per heavy atom. The highest BCUT2D eigenvalue weighted by atomic mass is 16.4. The lowest BCUT2D eigenvalue weighted by molar-refractivity contribution is -0.917. The van der Waals surface area contributed by atoms with Crippen molar-refractivity contribution < 1.29 is 14.1 Å². The van der Waals surface area contributed by atoms with E-state index in [1.54, 1.807) is 18.2 Å². The van der Waals surface area contributed by atoms with Crippen LogP contribution in [0.25, 0.3) is 10.8 Å². The Balaban J connectivity index is 1.47. The van der Waals surface area contributed by atoms with Crippen LogP contribution < -0.4 is 10.5 Å². The molecule has 1 aliphatic rings. The number of carbonyl (C=O) groups is 1. The first-order valence-electron chi connectivity index (χ1n) is 8.90. The number of quaternary nitrogens is 1. The Labute approximate surface area is 151 Å². The van der Waals surface area contributed by atoms with Crippen LogP contribution in [0, 0.1) is 0 Å². The van der Waals surface area contributed by atoms with Gasteiger partial charge in [-0.25, -0.2) is 4.79 Å². The zero-order valence-electron chi connectivity index (χ0n) is 14.5. The van der Waals surface area contributed by atoms with Crippen molar-refractivity contribution in [2.75, 3.05) is 26.2 Å². The minimum absolute atomic E-state index is 0.0660. The largest absolute Gasteiger partial charge is 0.430 e. The first kappa shape index (κ1) is 16.5. The molecule has 3 aromatic rings. The predicted molar refractivity (Wildman–Crippen MR) is 99.2 cm³/mol. The van der Waals surface area contributed by atoms with Crippen molar-refractivity contribution in [3.05, 3.63) is 82.4 Å². The van der Waals surface area contributed by atoms with Gasteiger partial charge in [0, 0.05) is 10.9 Å². The van der Waals surface area contributed by atoms with Crippen LogP contribution in [0.2, 0.25) is 0 Å². The lowest BCUT2D eigenvalue weighted by Crippen LogP contribution is -3.13. The van der Waals surface area contributed by atoms with Gasteiger partial charge in [-0.15, -0.1) is 0 Å². The standard InChI is InChI=1S/C21H20N2O3/c24-20(19-15-26-21(25)18-9-5-4-8-17(18)19)23-12-10-22(11-13-23)14-16-6-2-1-3-7-16/h1-9,15H,10-14H2/p+1. The van der Waals surface area contributed by atoms with E-state index in [4.69, 9.17) is 4.42 Å². The maximum Gasteiger partial charge on any atom is 0.343 e. The second-order valence-corrected chi connectivity index (χ2v) is 6.69. The van der Waals surface area contributed by atoms with Crippen molar-refractivity contribution in [3.63, 3.8) is 0 Å². The minimum atomic E-state index is -0.408. The highest BCUT2D eigenvalue weighted by Gasteiger charge is 2.26. The predicted octanol–water partition coefficient (Wildman–Crippen LogP) is 1.33. The van der Waals surface area contributed by atoms with Crippen LogP contribution in [0.5, 0.6) is 0 Å². The Hall–Kier alpha value is -2.92. The molecular weight excluding hydrogens is 328 g/mol. The lowest BCUT2D eigenvalue weighted by atomic mass is 10.1. The number of rotatable bonds is 3. The Kier molecular flexibility index (Phi) is 4.54. The summed E-state index contributed by atoms with van der Waals surface area (Å²) in [4.78, 5) is 28.1. The van der Waals surface area contributed by atoms with Gasteiger partial charge >= 0.3 is 5.63 Å². The molecule has 1 aliphatic heterocycles. The first-order chi connectivity index (χ1) is 12.7. The summed E-state index contributed by atoms with van der Waals surface area (Å²) in [7, 11) is 0. The van der Waals surface area contributed by atoms with Crippen LogP contribution in [0.3, 0.4) is 0 Å². The van der Waals surface area contributed by atoms with E-state index >= 15 is 0 Å². The quantitative estimate of drug-likeness (QED) is 0.776. The molecule has 5 nitrogen and oxygen atoms in total. The average Bonchev–Trinajstić information content (AvgIpc) is 2.69. The maximum absolute atomic E-state index is 12.9. The summed E-state index contributed by atoms with van der Waals surface area (Å²) in [6.45, 7) is 4.21. The highest BCUT2D eigenvalue weighted by Crippen LogP contribution is 2.17. The number of fused-ring (bicyclic) bond motifs is 1. The van der Waals surface area contributed by atoms with Gasteiger partial charge in [0.15, 0.2) is 0 Å². The van der Waals surface area contributed by atoms with Gasteiger partial charge in [0.05, 0.1) is 37.1 Å². The number of hydrogen-bond donors (Lipinski definition) is 1. The van der Waals surface area contributed by atoms with Crippen LogP contribution >= 0.6 is 0 Å². The van der Waals surface area contributed by atoms with Crippen molar-refractivity contribution >= 4 is 16.7 Å². The highest BCUT2D eigenvalue weighted by molar-refractivity contribution is 6.06. The molecule has 1 N–H and O–H groups in total. The molecule has 5 heteroatoms.